The van der Waals surface area contributed by atoms with Crippen LogP contribution in [0.1, 0.15) is 16.2 Å². The molecule has 0 spiro atoms. The van der Waals surface area contributed by atoms with Crippen molar-refractivity contribution in [3.05, 3.63) is 90.0 Å². The largest absolute Gasteiger partial charge is 0.338 e. The average Bonchev–Trinajstić information content (AvgIpc) is 3.71. The number of rotatable bonds is 6. The van der Waals surface area contributed by atoms with Gasteiger partial charge < -0.3 is 9.42 Å². The topological polar surface area (TPSA) is 93.2 Å². The van der Waals surface area contributed by atoms with Crippen LogP contribution in [-0.2, 0) is 6.54 Å². The van der Waals surface area contributed by atoms with Crippen molar-refractivity contribution in [2.24, 2.45) is 0 Å². The molecule has 0 aliphatic carbocycles. The highest BCUT2D eigenvalue weighted by molar-refractivity contribution is 7.13. The lowest BCUT2D eigenvalue weighted by atomic mass is 10.1. The Kier molecular flexibility index (Phi) is 6.10. The molecule has 0 atom stereocenters. The summed E-state index contributed by atoms with van der Waals surface area (Å²) in [5, 5.41) is 10.8. The standard InChI is InChI=1S/C26H23N7O2S/c34-26(21-17-33(20-7-2-1-3-8-20)29-24(21)19-6-4-10-27-16-19)32-13-11-31(12-14-32)18-23-28-25(30-35-23)22-9-5-15-36-22/h1-10,15-17H,11-14,18H2. The summed E-state index contributed by atoms with van der Waals surface area (Å²) in [5.74, 6) is 1.17. The predicted molar refractivity (Wildman–Crippen MR) is 136 cm³/mol. The number of hydrogen-bond donors (Lipinski definition) is 0. The number of benzene rings is 1. The number of amides is 1. The number of para-hydroxylation sites is 1. The number of thiophene rings is 1. The van der Waals surface area contributed by atoms with Gasteiger partial charge in [0.2, 0.25) is 11.7 Å². The molecular weight excluding hydrogens is 474 g/mol. The smallest absolute Gasteiger partial charge is 0.257 e. The molecule has 0 saturated carbocycles. The van der Waals surface area contributed by atoms with E-state index in [0.29, 0.717) is 42.6 Å². The van der Waals surface area contributed by atoms with E-state index in [1.807, 2.05) is 71.1 Å². The first-order valence-electron chi connectivity index (χ1n) is 11.7. The van der Waals surface area contributed by atoms with Crippen LogP contribution in [0.2, 0.25) is 0 Å². The molecule has 1 saturated heterocycles. The van der Waals surface area contributed by atoms with Crippen LogP contribution < -0.4 is 0 Å². The third-order valence-corrected chi connectivity index (χ3v) is 6.99. The van der Waals surface area contributed by atoms with Gasteiger partial charge in [-0.3, -0.25) is 14.7 Å². The highest BCUT2D eigenvalue weighted by Crippen LogP contribution is 2.25. The summed E-state index contributed by atoms with van der Waals surface area (Å²) >= 11 is 1.58. The van der Waals surface area contributed by atoms with E-state index < -0.39 is 0 Å². The van der Waals surface area contributed by atoms with Gasteiger partial charge in [0, 0.05) is 50.3 Å². The molecule has 180 valence electrons. The lowest BCUT2D eigenvalue weighted by Gasteiger charge is -2.33. The lowest BCUT2D eigenvalue weighted by molar-refractivity contribution is 0.0616. The molecule has 1 aliphatic rings. The highest BCUT2D eigenvalue weighted by atomic mass is 32.1. The molecule has 1 fully saturated rings. The van der Waals surface area contributed by atoms with Crippen molar-refractivity contribution in [2.45, 2.75) is 6.54 Å². The van der Waals surface area contributed by atoms with Gasteiger partial charge in [0.25, 0.3) is 5.91 Å². The number of carbonyl (C=O) groups excluding carboxylic acids is 1. The zero-order chi connectivity index (χ0) is 24.3. The Labute approximate surface area is 211 Å². The van der Waals surface area contributed by atoms with Crippen LogP contribution in [0.15, 0.2) is 83.1 Å². The van der Waals surface area contributed by atoms with Gasteiger partial charge in [0.1, 0.15) is 5.69 Å². The van der Waals surface area contributed by atoms with Crippen molar-refractivity contribution in [2.75, 3.05) is 26.2 Å². The van der Waals surface area contributed by atoms with Crippen molar-refractivity contribution < 1.29 is 9.32 Å². The Morgan fingerprint density at radius 3 is 2.61 bits per heavy atom. The van der Waals surface area contributed by atoms with Crippen LogP contribution in [0.4, 0.5) is 0 Å². The summed E-state index contributed by atoms with van der Waals surface area (Å²) in [4.78, 5) is 27.5. The normalized spacial score (nSPS) is 14.3. The Morgan fingerprint density at radius 2 is 1.86 bits per heavy atom. The minimum absolute atomic E-state index is 0.0338. The third kappa shape index (κ3) is 4.56. The van der Waals surface area contributed by atoms with Crippen molar-refractivity contribution in [1.82, 2.24) is 34.7 Å². The van der Waals surface area contributed by atoms with E-state index in [9.17, 15) is 4.79 Å². The first-order chi connectivity index (χ1) is 17.7. The van der Waals surface area contributed by atoms with Crippen molar-refractivity contribution >= 4 is 17.2 Å². The molecule has 0 bridgehead atoms. The molecule has 9 nitrogen and oxygen atoms in total. The Morgan fingerprint density at radius 1 is 1.00 bits per heavy atom. The quantitative estimate of drug-likeness (QED) is 0.350. The number of pyridine rings is 1. The van der Waals surface area contributed by atoms with E-state index in [1.54, 1.807) is 28.4 Å². The maximum atomic E-state index is 13.6. The predicted octanol–water partition coefficient (Wildman–Crippen LogP) is 4.00. The van der Waals surface area contributed by atoms with Gasteiger partial charge >= 0.3 is 0 Å². The SMILES string of the molecule is O=C(c1cn(-c2ccccc2)nc1-c1cccnc1)N1CCN(Cc2nc(-c3cccs3)no2)CC1. The fourth-order valence-corrected chi connectivity index (χ4v) is 4.90. The van der Waals surface area contributed by atoms with Gasteiger partial charge in [0.15, 0.2) is 0 Å². The molecule has 0 radical (unpaired) electrons. The second kappa shape index (κ2) is 9.84. The van der Waals surface area contributed by atoms with Crippen molar-refractivity contribution in [3.8, 4) is 27.6 Å². The van der Waals surface area contributed by atoms with Crippen LogP contribution in [0.25, 0.3) is 27.6 Å². The molecule has 0 N–H and O–H groups in total. The lowest BCUT2D eigenvalue weighted by Crippen LogP contribution is -2.48. The fourth-order valence-electron chi connectivity index (χ4n) is 4.26. The van der Waals surface area contributed by atoms with Crippen molar-refractivity contribution in [1.29, 1.82) is 0 Å². The average molecular weight is 498 g/mol. The third-order valence-electron chi connectivity index (χ3n) is 6.13. The van der Waals surface area contributed by atoms with E-state index in [0.717, 1.165) is 29.2 Å². The first-order valence-corrected chi connectivity index (χ1v) is 12.6. The van der Waals surface area contributed by atoms with Crippen LogP contribution in [-0.4, -0.2) is 66.8 Å². The number of nitrogens with zero attached hydrogens (tertiary/aromatic N) is 7. The molecule has 4 aromatic heterocycles. The van der Waals surface area contributed by atoms with E-state index >= 15 is 0 Å². The molecule has 0 unspecified atom stereocenters. The number of hydrogen-bond acceptors (Lipinski definition) is 8. The molecule has 1 amide bonds. The van der Waals surface area contributed by atoms with Crippen molar-refractivity contribution in [3.63, 3.8) is 0 Å². The Hall–Kier alpha value is -4.15. The number of carbonyl (C=O) groups is 1. The maximum Gasteiger partial charge on any atom is 0.257 e. The monoisotopic (exact) mass is 497 g/mol. The van der Waals surface area contributed by atoms with Gasteiger partial charge in [-0.1, -0.05) is 29.4 Å². The summed E-state index contributed by atoms with van der Waals surface area (Å²) < 4.78 is 7.21. The number of piperazine rings is 1. The summed E-state index contributed by atoms with van der Waals surface area (Å²) in [5.41, 5.74) is 2.91. The summed E-state index contributed by atoms with van der Waals surface area (Å²) in [6.45, 7) is 3.21. The molecular formula is C26H23N7O2S. The zero-order valence-electron chi connectivity index (χ0n) is 19.4. The Balaban J connectivity index is 1.17. The molecule has 10 heteroatoms. The summed E-state index contributed by atoms with van der Waals surface area (Å²) in [7, 11) is 0. The Bertz CT molecular complexity index is 1440. The molecule has 5 heterocycles. The molecule has 36 heavy (non-hydrogen) atoms. The van der Waals surface area contributed by atoms with E-state index in [2.05, 4.69) is 20.0 Å². The highest BCUT2D eigenvalue weighted by Gasteiger charge is 2.27. The van der Waals surface area contributed by atoms with E-state index in [4.69, 9.17) is 9.62 Å². The summed E-state index contributed by atoms with van der Waals surface area (Å²) in [6, 6.07) is 17.5. The van der Waals surface area contributed by atoms with Gasteiger partial charge in [0.05, 0.1) is 22.7 Å². The molecule has 1 aromatic carbocycles. The second-order valence-electron chi connectivity index (χ2n) is 8.47. The zero-order valence-corrected chi connectivity index (χ0v) is 20.2. The van der Waals surface area contributed by atoms with Gasteiger partial charge in [-0.05, 0) is 35.7 Å². The second-order valence-corrected chi connectivity index (χ2v) is 9.42. The van der Waals surface area contributed by atoms with Crippen LogP contribution in [0, 0.1) is 0 Å². The fraction of sp³-hybridized carbons (Fsp3) is 0.192. The molecule has 5 aromatic rings. The minimum atomic E-state index is -0.0338. The summed E-state index contributed by atoms with van der Waals surface area (Å²) in [6.07, 6.45) is 5.27. The van der Waals surface area contributed by atoms with Gasteiger partial charge in [-0.2, -0.15) is 10.1 Å². The van der Waals surface area contributed by atoms with E-state index in [-0.39, 0.29) is 5.91 Å². The van der Waals surface area contributed by atoms with Gasteiger partial charge in [-0.25, -0.2) is 4.68 Å². The first kappa shape index (κ1) is 22.3. The van der Waals surface area contributed by atoms with E-state index in [1.165, 1.54) is 0 Å². The van der Waals surface area contributed by atoms with Gasteiger partial charge in [-0.15, -0.1) is 11.3 Å². The van der Waals surface area contributed by atoms with Crippen LogP contribution in [0.5, 0.6) is 0 Å². The maximum absolute atomic E-state index is 13.6. The van der Waals surface area contributed by atoms with Crippen LogP contribution >= 0.6 is 11.3 Å². The minimum Gasteiger partial charge on any atom is -0.338 e. The molecule has 6 rings (SSSR count). The molecule has 1 aliphatic heterocycles. The number of aromatic nitrogens is 5. The van der Waals surface area contributed by atoms with Crippen LogP contribution in [0.3, 0.4) is 0 Å².